The molecule has 1 radical (unpaired) electrons. The van der Waals surface area contributed by atoms with E-state index in [0.717, 1.165) is 6.42 Å². The highest BCUT2D eigenvalue weighted by Crippen LogP contribution is 2.05. The molecule has 0 nitrogen and oxygen atoms in total. The summed E-state index contributed by atoms with van der Waals surface area (Å²) in [6.45, 7) is 7.38. The van der Waals surface area contributed by atoms with Crippen LogP contribution in [0.2, 0.25) is 0 Å². The first kappa shape index (κ1) is 14.2. The smallest absolute Gasteiger partial charge is 0.0348 e. The fourth-order valence-corrected chi connectivity index (χ4v) is 1.46. The second-order valence-corrected chi connectivity index (χ2v) is 3.85. The lowest BCUT2D eigenvalue weighted by atomic mass is 10.1. The van der Waals surface area contributed by atoms with Crippen molar-refractivity contribution in [2.45, 2.75) is 58.3 Å². The number of allylic oxidation sites excluding steroid dienone is 5. The molecule has 0 heterocycles. The average molecular weight is 205 g/mol. The van der Waals surface area contributed by atoms with Gasteiger partial charge in [-0.2, -0.15) is 0 Å². The summed E-state index contributed by atoms with van der Waals surface area (Å²) in [4.78, 5) is 0. The minimum Gasteiger partial charge on any atom is -0.0917 e. The Morgan fingerprint density at radius 2 is 1.33 bits per heavy atom. The Morgan fingerprint density at radius 1 is 0.733 bits per heavy atom. The number of unbranched alkanes of at least 4 members (excludes halogenated alkanes) is 6. The quantitative estimate of drug-likeness (QED) is 0.338. The van der Waals surface area contributed by atoms with Gasteiger partial charge in [-0.25, -0.2) is 0 Å². The van der Waals surface area contributed by atoms with Crippen molar-refractivity contribution >= 4 is 0 Å². The standard InChI is InChI=1S/C15H25/c1-3-5-7-9-11-13-15-14-12-10-8-6-4-2/h1,3-4,6,14-15H,5,7-13H2,2H3. The Labute approximate surface area is 95.8 Å². The molecule has 0 aromatic rings. The van der Waals surface area contributed by atoms with E-state index in [2.05, 4.69) is 31.2 Å². The Bertz CT molecular complexity index is 174. The van der Waals surface area contributed by atoms with E-state index in [9.17, 15) is 0 Å². The van der Waals surface area contributed by atoms with Crippen molar-refractivity contribution in [3.8, 4) is 0 Å². The Hall–Kier alpha value is -0.780. The molecular weight excluding hydrogens is 180 g/mol. The van der Waals surface area contributed by atoms with Crippen LogP contribution >= 0.6 is 0 Å². The van der Waals surface area contributed by atoms with Gasteiger partial charge < -0.3 is 0 Å². The highest BCUT2D eigenvalue weighted by molar-refractivity contribution is 4.83. The molecule has 15 heavy (non-hydrogen) atoms. The van der Waals surface area contributed by atoms with Crippen LogP contribution in [-0.4, -0.2) is 0 Å². The molecule has 0 saturated carbocycles. The van der Waals surface area contributed by atoms with E-state index >= 15 is 0 Å². The van der Waals surface area contributed by atoms with Crippen molar-refractivity contribution in [1.82, 2.24) is 0 Å². The predicted octanol–water partition coefficient (Wildman–Crippen LogP) is 5.23. The molecule has 0 aliphatic heterocycles. The topological polar surface area (TPSA) is 0 Å². The minimum atomic E-state index is 1.06. The predicted molar refractivity (Wildman–Crippen MR) is 69.8 cm³/mol. The van der Waals surface area contributed by atoms with E-state index in [1.165, 1.54) is 44.9 Å². The summed E-state index contributed by atoms with van der Waals surface area (Å²) in [7, 11) is 0. The maximum Gasteiger partial charge on any atom is -0.0348 e. The van der Waals surface area contributed by atoms with Crippen LogP contribution in [0.1, 0.15) is 58.3 Å². The molecule has 0 aliphatic rings. The van der Waals surface area contributed by atoms with Gasteiger partial charge in [-0.15, -0.1) is 0 Å². The summed E-state index contributed by atoms with van der Waals surface area (Å²) in [6.07, 6.45) is 20.6. The van der Waals surface area contributed by atoms with Gasteiger partial charge >= 0.3 is 0 Å². The average Bonchev–Trinajstić information content (AvgIpc) is 2.26. The second-order valence-electron chi connectivity index (χ2n) is 3.85. The largest absolute Gasteiger partial charge is 0.0917 e. The van der Waals surface area contributed by atoms with Crippen LogP contribution in [0.5, 0.6) is 0 Å². The molecule has 0 saturated heterocycles. The fourth-order valence-electron chi connectivity index (χ4n) is 1.46. The van der Waals surface area contributed by atoms with Gasteiger partial charge in [0.25, 0.3) is 0 Å². The molecule has 0 bridgehead atoms. The van der Waals surface area contributed by atoms with Crippen LogP contribution in [0.3, 0.4) is 0 Å². The van der Waals surface area contributed by atoms with E-state index in [1.54, 1.807) is 6.08 Å². The van der Waals surface area contributed by atoms with E-state index in [0.29, 0.717) is 0 Å². The lowest BCUT2D eigenvalue weighted by Gasteiger charge is -1.94. The third kappa shape index (κ3) is 13.2. The van der Waals surface area contributed by atoms with Gasteiger partial charge in [0.1, 0.15) is 0 Å². The van der Waals surface area contributed by atoms with Crippen LogP contribution in [0.15, 0.2) is 30.4 Å². The highest BCUT2D eigenvalue weighted by atomic mass is 13.9. The third-order valence-electron chi connectivity index (χ3n) is 2.39. The lowest BCUT2D eigenvalue weighted by molar-refractivity contribution is 0.695. The molecule has 0 rings (SSSR count). The van der Waals surface area contributed by atoms with Crippen molar-refractivity contribution in [3.05, 3.63) is 37.0 Å². The van der Waals surface area contributed by atoms with Gasteiger partial charge in [-0.3, -0.25) is 0 Å². The van der Waals surface area contributed by atoms with Gasteiger partial charge in [0.2, 0.25) is 0 Å². The van der Waals surface area contributed by atoms with Crippen LogP contribution in [0.4, 0.5) is 0 Å². The molecule has 0 unspecified atom stereocenters. The van der Waals surface area contributed by atoms with E-state index < -0.39 is 0 Å². The van der Waals surface area contributed by atoms with Crippen molar-refractivity contribution < 1.29 is 0 Å². The van der Waals surface area contributed by atoms with Crippen LogP contribution in [0.25, 0.3) is 0 Å². The summed E-state index contributed by atoms with van der Waals surface area (Å²) < 4.78 is 0. The number of hydrogen-bond acceptors (Lipinski definition) is 0. The molecule has 0 aliphatic carbocycles. The van der Waals surface area contributed by atoms with Gasteiger partial charge in [0, 0.05) is 0 Å². The van der Waals surface area contributed by atoms with Crippen LogP contribution in [0, 0.1) is 6.58 Å². The first-order valence-electron chi connectivity index (χ1n) is 6.21. The van der Waals surface area contributed by atoms with E-state index in [-0.39, 0.29) is 0 Å². The summed E-state index contributed by atoms with van der Waals surface area (Å²) in [5, 5.41) is 0. The summed E-state index contributed by atoms with van der Waals surface area (Å²) in [6, 6.07) is 0. The zero-order chi connectivity index (χ0) is 11.2. The van der Waals surface area contributed by atoms with Crippen molar-refractivity contribution in [2.24, 2.45) is 0 Å². The molecule has 0 aromatic heterocycles. The van der Waals surface area contributed by atoms with Gasteiger partial charge in [-0.1, -0.05) is 43.4 Å². The van der Waals surface area contributed by atoms with Crippen molar-refractivity contribution in [2.75, 3.05) is 0 Å². The fraction of sp³-hybridized carbons (Fsp3) is 0.600. The molecule has 0 fully saturated rings. The highest BCUT2D eigenvalue weighted by Gasteiger charge is 1.85. The SMILES string of the molecule is [CH]=CCCCCCC=CCCCC=CC. The maximum absolute atomic E-state index is 5.30. The minimum absolute atomic E-state index is 1.06. The summed E-state index contributed by atoms with van der Waals surface area (Å²) in [5.74, 6) is 0. The first-order chi connectivity index (χ1) is 7.41. The third-order valence-corrected chi connectivity index (χ3v) is 2.39. The monoisotopic (exact) mass is 205 g/mol. The molecule has 0 atom stereocenters. The Kier molecular flexibility index (Phi) is 12.5. The summed E-state index contributed by atoms with van der Waals surface area (Å²) in [5.41, 5.74) is 0. The molecule has 0 amide bonds. The maximum atomic E-state index is 5.30. The lowest BCUT2D eigenvalue weighted by Crippen LogP contribution is -1.75. The molecular formula is C15H25. The van der Waals surface area contributed by atoms with E-state index in [4.69, 9.17) is 6.58 Å². The Morgan fingerprint density at radius 3 is 2.00 bits per heavy atom. The normalized spacial score (nSPS) is 11.5. The van der Waals surface area contributed by atoms with Crippen molar-refractivity contribution in [3.63, 3.8) is 0 Å². The van der Waals surface area contributed by atoms with Crippen molar-refractivity contribution in [1.29, 1.82) is 0 Å². The molecule has 85 valence electrons. The van der Waals surface area contributed by atoms with Gasteiger partial charge in [0.05, 0.1) is 0 Å². The number of hydrogen-bond donors (Lipinski definition) is 0. The number of rotatable bonds is 10. The second kappa shape index (κ2) is 13.2. The summed E-state index contributed by atoms with van der Waals surface area (Å²) >= 11 is 0. The van der Waals surface area contributed by atoms with Crippen LogP contribution in [-0.2, 0) is 0 Å². The molecule has 0 spiro atoms. The van der Waals surface area contributed by atoms with Gasteiger partial charge in [-0.05, 0) is 51.9 Å². The molecule has 0 heteroatoms. The molecule has 0 N–H and O–H groups in total. The van der Waals surface area contributed by atoms with Gasteiger partial charge in [0.15, 0.2) is 0 Å². The van der Waals surface area contributed by atoms with Crippen LogP contribution < -0.4 is 0 Å². The zero-order valence-electron chi connectivity index (χ0n) is 10.1. The molecule has 0 aromatic carbocycles. The zero-order valence-corrected chi connectivity index (χ0v) is 10.1. The first-order valence-corrected chi connectivity index (χ1v) is 6.21. The Balaban J connectivity index is 3.06. The van der Waals surface area contributed by atoms with E-state index in [1.807, 2.05) is 0 Å².